The minimum atomic E-state index is -0.392. The molecule has 4 aromatic rings. The second-order valence-corrected chi connectivity index (χ2v) is 8.37. The Hall–Kier alpha value is -3.62. The summed E-state index contributed by atoms with van der Waals surface area (Å²) in [6.07, 6.45) is 7.75. The summed E-state index contributed by atoms with van der Waals surface area (Å²) < 4.78 is 15.9. The van der Waals surface area contributed by atoms with Gasteiger partial charge in [0.05, 0.1) is 11.4 Å². The summed E-state index contributed by atoms with van der Waals surface area (Å²) in [6.45, 7) is 4.01. The van der Waals surface area contributed by atoms with Gasteiger partial charge < -0.3 is 10.3 Å². The highest BCUT2D eigenvalue weighted by Crippen LogP contribution is 2.33. The third kappa shape index (κ3) is 3.86. The van der Waals surface area contributed by atoms with Gasteiger partial charge in [0.15, 0.2) is 11.3 Å². The van der Waals surface area contributed by atoms with Crippen LogP contribution in [0.4, 0.5) is 4.39 Å². The van der Waals surface area contributed by atoms with Crippen LogP contribution in [0.3, 0.4) is 0 Å². The molecule has 3 aromatic heterocycles. The second kappa shape index (κ2) is 8.14. The molecule has 0 aliphatic heterocycles. The number of halogens is 1. The summed E-state index contributed by atoms with van der Waals surface area (Å²) in [5, 5.41) is 7.24. The van der Waals surface area contributed by atoms with Gasteiger partial charge in [0.25, 0.3) is 5.91 Å². The van der Waals surface area contributed by atoms with Crippen LogP contribution in [0.5, 0.6) is 0 Å². The monoisotopic (exact) mass is 433 g/mol. The van der Waals surface area contributed by atoms with Crippen molar-refractivity contribution in [2.75, 3.05) is 0 Å². The average molecular weight is 433 g/mol. The van der Waals surface area contributed by atoms with Gasteiger partial charge in [0.1, 0.15) is 23.5 Å². The molecule has 1 aromatic carbocycles. The third-order valence-corrected chi connectivity index (χ3v) is 6.07. The molecule has 0 unspecified atom stereocenters. The number of hydrogen-bond donors (Lipinski definition) is 2. The zero-order valence-corrected chi connectivity index (χ0v) is 18.0. The first kappa shape index (κ1) is 20.3. The van der Waals surface area contributed by atoms with Crippen LogP contribution in [0.15, 0.2) is 30.7 Å². The van der Waals surface area contributed by atoms with Crippen molar-refractivity contribution in [2.24, 2.45) is 0 Å². The highest BCUT2D eigenvalue weighted by molar-refractivity contribution is 6.02. The van der Waals surface area contributed by atoms with Gasteiger partial charge in [0.2, 0.25) is 0 Å². The van der Waals surface area contributed by atoms with Crippen molar-refractivity contribution in [1.29, 1.82) is 0 Å². The van der Waals surface area contributed by atoms with Crippen molar-refractivity contribution in [1.82, 2.24) is 35.0 Å². The number of aromatic amines is 1. The van der Waals surface area contributed by atoms with Gasteiger partial charge in [-0.05, 0) is 56.0 Å². The van der Waals surface area contributed by atoms with E-state index in [1.807, 2.05) is 20.0 Å². The number of fused-ring (bicyclic) bond motifs is 1. The zero-order chi connectivity index (χ0) is 22.2. The van der Waals surface area contributed by atoms with E-state index in [0.717, 1.165) is 29.9 Å². The zero-order valence-electron chi connectivity index (χ0n) is 18.0. The smallest absolute Gasteiger partial charge is 0.272 e. The van der Waals surface area contributed by atoms with Crippen molar-refractivity contribution in [2.45, 2.75) is 52.0 Å². The van der Waals surface area contributed by atoms with Crippen LogP contribution in [0.1, 0.15) is 64.7 Å². The lowest BCUT2D eigenvalue weighted by Gasteiger charge is -2.08. The molecule has 1 aliphatic rings. The van der Waals surface area contributed by atoms with Crippen LogP contribution in [0.2, 0.25) is 0 Å². The molecular formula is C23H24FN7O. The number of aryl methyl sites for hydroxylation is 2. The topological polar surface area (TPSA) is 101 Å². The molecule has 0 bridgehead atoms. The van der Waals surface area contributed by atoms with Crippen molar-refractivity contribution in [3.63, 3.8) is 0 Å². The number of hydrogen-bond acceptors (Lipinski definition) is 5. The van der Waals surface area contributed by atoms with E-state index in [1.165, 1.54) is 31.3 Å². The molecule has 5 rings (SSSR count). The van der Waals surface area contributed by atoms with Crippen LogP contribution >= 0.6 is 0 Å². The minimum Gasteiger partial charge on any atom is -0.347 e. The normalized spacial score (nSPS) is 14.3. The Morgan fingerprint density at radius 3 is 2.78 bits per heavy atom. The van der Waals surface area contributed by atoms with Crippen LogP contribution in [-0.2, 0) is 6.54 Å². The molecular weight excluding hydrogens is 409 g/mol. The largest absolute Gasteiger partial charge is 0.347 e. The van der Waals surface area contributed by atoms with Gasteiger partial charge in [-0.15, -0.1) is 0 Å². The highest BCUT2D eigenvalue weighted by Gasteiger charge is 2.23. The Balaban J connectivity index is 1.36. The van der Waals surface area contributed by atoms with E-state index >= 15 is 0 Å². The molecule has 0 radical (unpaired) electrons. The van der Waals surface area contributed by atoms with Crippen LogP contribution in [0.25, 0.3) is 16.9 Å². The lowest BCUT2D eigenvalue weighted by Crippen LogP contribution is -2.24. The summed E-state index contributed by atoms with van der Waals surface area (Å²) in [7, 11) is 0. The summed E-state index contributed by atoms with van der Waals surface area (Å²) in [6, 6.07) is 4.62. The van der Waals surface area contributed by atoms with Crippen molar-refractivity contribution >= 4 is 17.1 Å². The molecule has 2 N–H and O–H groups in total. The number of carbonyl (C=O) groups excluding carboxylic acids is 1. The summed E-state index contributed by atoms with van der Waals surface area (Å²) in [4.78, 5) is 29.1. The molecule has 9 heteroatoms. The van der Waals surface area contributed by atoms with Crippen molar-refractivity contribution in [3.05, 3.63) is 64.9 Å². The first-order valence-corrected chi connectivity index (χ1v) is 10.8. The fraction of sp³-hybridized carbons (Fsp3) is 0.348. The van der Waals surface area contributed by atoms with E-state index in [-0.39, 0.29) is 18.1 Å². The van der Waals surface area contributed by atoms with Crippen LogP contribution < -0.4 is 5.32 Å². The summed E-state index contributed by atoms with van der Waals surface area (Å²) >= 11 is 0. The molecule has 1 amide bonds. The molecule has 1 aliphatic carbocycles. The molecule has 1 saturated carbocycles. The first-order chi connectivity index (χ1) is 15.5. The average Bonchev–Trinajstić information content (AvgIpc) is 3.51. The van der Waals surface area contributed by atoms with Crippen molar-refractivity contribution < 1.29 is 9.18 Å². The number of H-pyrrole nitrogens is 1. The number of nitrogens with zero attached hydrogens (tertiary/aromatic N) is 5. The molecule has 3 heterocycles. The SMILES string of the molecule is Cc1cn(-c2cc(F)cc(CNC(=O)c3ncnc4nc(C5CCCC5)[nH]c34)c2)nc1C. The second-order valence-electron chi connectivity index (χ2n) is 8.37. The van der Waals surface area contributed by atoms with Gasteiger partial charge in [-0.1, -0.05) is 12.8 Å². The van der Waals surface area contributed by atoms with Crippen LogP contribution in [-0.4, -0.2) is 35.6 Å². The molecule has 1 fully saturated rings. The van der Waals surface area contributed by atoms with E-state index in [1.54, 1.807) is 10.7 Å². The Kier molecular flexibility index (Phi) is 5.16. The number of carbonyl (C=O) groups is 1. The van der Waals surface area contributed by atoms with E-state index in [0.29, 0.717) is 28.3 Å². The third-order valence-electron chi connectivity index (χ3n) is 6.07. The number of nitrogens with one attached hydrogen (secondary N) is 2. The molecule has 0 atom stereocenters. The highest BCUT2D eigenvalue weighted by atomic mass is 19.1. The van der Waals surface area contributed by atoms with E-state index in [9.17, 15) is 9.18 Å². The Bertz CT molecular complexity index is 1280. The molecule has 8 nitrogen and oxygen atoms in total. The van der Waals surface area contributed by atoms with Gasteiger partial charge in [0, 0.05) is 18.7 Å². The van der Waals surface area contributed by atoms with Gasteiger partial charge in [-0.2, -0.15) is 5.10 Å². The molecule has 0 spiro atoms. The summed E-state index contributed by atoms with van der Waals surface area (Å²) in [5.74, 6) is 0.486. The maximum atomic E-state index is 14.2. The maximum absolute atomic E-state index is 14.2. The number of amides is 1. The number of imidazole rings is 1. The van der Waals surface area contributed by atoms with E-state index in [4.69, 9.17) is 0 Å². The quantitative estimate of drug-likeness (QED) is 0.497. The van der Waals surface area contributed by atoms with Gasteiger partial charge >= 0.3 is 0 Å². The number of rotatable bonds is 5. The van der Waals surface area contributed by atoms with Crippen molar-refractivity contribution in [3.8, 4) is 5.69 Å². The standard InChI is InChI=1S/C23H24FN7O/c1-13-11-31(30-14(13)2)18-8-15(7-17(24)9-18)10-25-23(32)20-19-22(27-12-26-20)29-21(28-19)16-5-3-4-6-16/h7-9,11-12,16H,3-6,10H2,1-2H3,(H,25,32)(H,26,27,28,29). The Morgan fingerprint density at radius 2 is 2.03 bits per heavy atom. The molecule has 164 valence electrons. The Labute approximate surface area is 184 Å². The number of benzene rings is 1. The van der Waals surface area contributed by atoms with E-state index in [2.05, 4.69) is 30.4 Å². The van der Waals surface area contributed by atoms with Gasteiger partial charge in [-0.25, -0.2) is 24.0 Å². The first-order valence-electron chi connectivity index (χ1n) is 10.8. The minimum absolute atomic E-state index is 0.151. The Morgan fingerprint density at radius 1 is 1.22 bits per heavy atom. The molecule has 32 heavy (non-hydrogen) atoms. The molecule has 0 saturated heterocycles. The summed E-state index contributed by atoms with van der Waals surface area (Å²) in [5.41, 5.74) is 4.40. The number of aromatic nitrogens is 6. The predicted molar refractivity (Wildman–Crippen MR) is 117 cm³/mol. The predicted octanol–water partition coefficient (Wildman–Crippen LogP) is 3.88. The fourth-order valence-electron chi connectivity index (χ4n) is 4.22. The van der Waals surface area contributed by atoms with Gasteiger partial charge in [-0.3, -0.25) is 4.79 Å². The van der Waals surface area contributed by atoms with Crippen LogP contribution in [0, 0.1) is 19.7 Å². The maximum Gasteiger partial charge on any atom is 0.272 e. The lowest BCUT2D eigenvalue weighted by molar-refractivity contribution is 0.0947. The lowest BCUT2D eigenvalue weighted by atomic mass is 10.1. The van der Waals surface area contributed by atoms with E-state index < -0.39 is 5.82 Å². The fourth-order valence-corrected chi connectivity index (χ4v) is 4.22.